The van der Waals surface area contributed by atoms with Crippen molar-refractivity contribution in [2.45, 2.75) is 26.7 Å². The standard InChI is InChI=1S/C6H12/c1-3-5-6-4-2/h3,5H,4,6H2,1-2H3/b5-3-/i2+1. The Morgan fingerprint density at radius 3 is 2.33 bits per heavy atom. The van der Waals surface area contributed by atoms with E-state index in [0.717, 1.165) is 0 Å². The lowest BCUT2D eigenvalue weighted by molar-refractivity contribution is 0.957. The molecular weight excluding hydrogens is 73.1 g/mol. The number of rotatable bonds is 2. The predicted octanol–water partition coefficient (Wildman–Crippen LogP) is 2.36. The quantitative estimate of drug-likeness (QED) is 0.356. The number of unbranched alkanes of at least 4 members (excludes halogenated alkanes) is 1. The molecule has 0 unspecified atom stereocenters. The van der Waals surface area contributed by atoms with E-state index in [1.807, 2.05) is 0 Å². The summed E-state index contributed by atoms with van der Waals surface area (Å²) in [4.78, 5) is 0. The Bertz CT molecular complexity index is 35.3. The summed E-state index contributed by atoms with van der Waals surface area (Å²) in [5.74, 6) is 0. The second kappa shape index (κ2) is 4.74. The van der Waals surface area contributed by atoms with Gasteiger partial charge in [-0.1, -0.05) is 25.5 Å². The zero-order valence-electron chi connectivity index (χ0n) is 4.57. The first-order chi connectivity index (χ1) is 2.91. The van der Waals surface area contributed by atoms with Gasteiger partial charge < -0.3 is 0 Å². The van der Waals surface area contributed by atoms with E-state index in [9.17, 15) is 0 Å². The third-order valence-corrected chi connectivity index (χ3v) is 0.691. The summed E-state index contributed by atoms with van der Waals surface area (Å²) in [6, 6.07) is 0. The lowest BCUT2D eigenvalue weighted by atomic mass is 10.4. The Kier molecular flexibility index (Phi) is 4.53. The Morgan fingerprint density at radius 1 is 1.50 bits per heavy atom. The van der Waals surface area contributed by atoms with Crippen LogP contribution in [0.2, 0.25) is 0 Å². The molecule has 0 rings (SSSR count). The summed E-state index contributed by atoms with van der Waals surface area (Å²) in [7, 11) is 0. The van der Waals surface area contributed by atoms with Crippen LogP contribution in [0.4, 0.5) is 0 Å². The molecule has 0 aromatic carbocycles. The van der Waals surface area contributed by atoms with Crippen LogP contribution >= 0.6 is 0 Å². The average molecular weight is 85.2 g/mol. The van der Waals surface area contributed by atoms with Crippen molar-refractivity contribution in [3.8, 4) is 0 Å². The lowest BCUT2D eigenvalue weighted by Gasteiger charge is -1.76. The molecule has 0 aliphatic rings. The van der Waals surface area contributed by atoms with Crippen molar-refractivity contribution < 1.29 is 0 Å². The van der Waals surface area contributed by atoms with Crippen molar-refractivity contribution in [3.63, 3.8) is 0 Å². The fraction of sp³-hybridized carbons (Fsp3) is 0.667. The number of hydrogen-bond acceptors (Lipinski definition) is 0. The zero-order valence-corrected chi connectivity index (χ0v) is 4.57. The molecule has 0 aromatic heterocycles. The van der Waals surface area contributed by atoms with E-state index in [0.29, 0.717) is 0 Å². The molecule has 0 heteroatoms. The topological polar surface area (TPSA) is 0 Å². The van der Waals surface area contributed by atoms with Gasteiger partial charge in [-0.05, 0) is 13.3 Å². The molecular formula is C6H12. The van der Waals surface area contributed by atoms with Crippen molar-refractivity contribution in [3.05, 3.63) is 12.2 Å². The molecule has 0 amide bonds. The second-order valence-electron chi connectivity index (χ2n) is 1.36. The summed E-state index contributed by atoms with van der Waals surface area (Å²) in [6.45, 7) is 4.23. The fourth-order valence-corrected chi connectivity index (χ4v) is 0.333. The molecule has 0 radical (unpaired) electrons. The van der Waals surface area contributed by atoms with Gasteiger partial charge in [0, 0.05) is 0 Å². The summed E-state index contributed by atoms with van der Waals surface area (Å²) in [5.41, 5.74) is 0. The highest BCUT2D eigenvalue weighted by Crippen LogP contribution is 1.85. The maximum Gasteiger partial charge on any atom is -0.0353 e. The van der Waals surface area contributed by atoms with Crippen LogP contribution in [0.15, 0.2) is 12.2 Å². The van der Waals surface area contributed by atoms with E-state index in [-0.39, 0.29) is 0 Å². The van der Waals surface area contributed by atoms with E-state index in [1.165, 1.54) is 12.8 Å². The van der Waals surface area contributed by atoms with Crippen molar-refractivity contribution in [2.75, 3.05) is 0 Å². The van der Waals surface area contributed by atoms with Crippen LogP contribution in [0.5, 0.6) is 0 Å². The van der Waals surface area contributed by atoms with E-state index >= 15 is 0 Å². The van der Waals surface area contributed by atoms with Crippen LogP contribution in [0, 0.1) is 0 Å². The SMILES string of the molecule is C/C=C\CC[13CH3]. The van der Waals surface area contributed by atoms with Crippen LogP contribution in [0.25, 0.3) is 0 Å². The molecule has 0 atom stereocenters. The van der Waals surface area contributed by atoms with Gasteiger partial charge in [0.15, 0.2) is 0 Å². The summed E-state index contributed by atoms with van der Waals surface area (Å²) >= 11 is 0. The van der Waals surface area contributed by atoms with Gasteiger partial charge in [0.25, 0.3) is 0 Å². The van der Waals surface area contributed by atoms with Crippen LogP contribution in [0.3, 0.4) is 0 Å². The number of hydrogen-bond donors (Lipinski definition) is 0. The zero-order chi connectivity index (χ0) is 4.83. The van der Waals surface area contributed by atoms with E-state index < -0.39 is 0 Å². The maximum atomic E-state index is 2.18. The molecule has 0 aromatic rings. The Morgan fingerprint density at radius 2 is 2.17 bits per heavy atom. The molecule has 0 N–H and O–H groups in total. The van der Waals surface area contributed by atoms with Crippen LogP contribution < -0.4 is 0 Å². The van der Waals surface area contributed by atoms with Crippen molar-refractivity contribution >= 4 is 0 Å². The summed E-state index contributed by atoms with van der Waals surface area (Å²) in [6.07, 6.45) is 6.77. The van der Waals surface area contributed by atoms with E-state index in [2.05, 4.69) is 26.0 Å². The van der Waals surface area contributed by atoms with Gasteiger partial charge in [-0.3, -0.25) is 0 Å². The van der Waals surface area contributed by atoms with Gasteiger partial charge in [0.05, 0.1) is 0 Å². The number of allylic oxidation sites excluding steroid dienone is 2. The van der Waals surface area contributed by atoms with Gasteiger partial charge in [-0.15, -0.1) is 0 Å². The van der Waals surface area contributed by atoms with Crippen LogP contribution in [-0.4, -0.2) is 0 Å². The van der Waals surface area contributed by atoms with E-state index in [1.54, 1.807) is 0 Å². The minimum Gasteiger partial charge on any atom is -0.0917 e. The monoisotopic (exact) mass is 85.1 g/mol. The average Bonchev–Trinajstić information content (AvgIpc) is 1.61. The van der Waals surface area contributed by atoms with Crippen molar-refractivity contribution in [1.82, 2.24) is 0 Å². The third kappa shape index (κ3) is 3.74. The maximum absolute atomic E-state index is 2.18. The minimum absolute atomic E-state index is 1.23. The fourth-order valence-electron chi connectivity index (χ4n) is 0.333. The van der Waals surface area contributed by atoms with Crippen LogP contribution in [-0.2, 0) is 0 Å². The largest absolute Gasteiger partial charge is 0.0917 e. The highest BCUT2D eigenvalue weighted by Gasteiger charge is 1.64. The van der Waals surface area contributed by atoms with Gasteiger partial charge in [-0.25, -0.2) is 0 Å². The molecule has 0 heterocycles. The van der Waals surface area contributed by atoms with Gasteiger partial charge in [0.2, 0.25) is 0 Å². The summed E-state index contributed by atoms with van der Waals surface area (Å²) < 4.78 is 0. The smallest absolute Gasteiger partial charge is 0.0353 e. The first-order valence-corrected chi connectivity index (χ1v) is 2.53. The van der Waals surface area contributed by atoms with Gasteiger partial charge in [0.1, 0.15) is 0 Å². The third-order valence-electron chi connectivity index (χ3n) is 0.691. The molecule has 0 saturated carbocycles. The molecule has 0 bridgehead atoms. The molecule has 0 spiro atoms. The Hall–Kier alpha value is -0.260. The molecule has 0 saturated heterocycles. The van der Waals surface area contributed by atoms with Gasteiger partial charge in [-0.2, -0.15) is 0 Å². The molecule has 0 nitrogen and oxygen atoms in total. The minimum atomic E-state index is 1.23. The highest BCUT2D eigenvalue weighted by molar-refractivity contribution is 4.75. The Balaban J connectivity index is 2.66. The predicted molar refractivity (Wildman–Crippen MR) is 29.7 cm³/mol. The normalized spacial score (nSPS) is 10.3. The first kappa shape index (κ1) is 5.74. The first-order valence-electron chi connectivity index (χ1n) is 2.53. The second-order valence-corrected chi connectivity index (χ2v) is 1.36. The lowest BCUT2D eigenvalue weighted by Crippen LogP contribution is -1.55. The molecule has 6 heavy (non-hydrogen) atoms. The molecule has 0 fully saturated rings. The van der Waals surface area contributed by atoms with Crippen molar-refractivity contribution in [2.24, 2.45) is 0 Å². The highest BCUT2D eigenvalue weighted by atomic mass is 13.9. The van der Waals surface area contributed by atoms with Crippen molar-refractivity contribution in [1.29, 1.82) is 0 Å². The summed E-state index contributed by atoms with van der Waals surface area (Å²) in [5, 5.41) is 0. The van der Waals surface area contributed by atoms with Gasteiger partial charge >= 0.3 is 0 Å². The van der Waals surface area contributed by atoms with E-state index in [4.69, 9.17) is 0 Å². The molecule has 36 valence electrons. The molecule has 0 aliphatic carbocycles. The molecule has 0 aliphatic heterocycles. The van der Waals surface area contributed by atoms with Crippen LogP contribution in [0.1, 0.15) is 26.7 Å². The Labute approximate surface area is 39.9 Å².